The van der Waals surface area contributed by atoms with Crippen LogP contribution in [0, 0.1) is 0 Å². The number of nitrogens with zero attached hydrogens (tertiary/aromatic N) is 2. The first-order valence-corrected chi connectivity index (χ1v) is 12.8. The zero-order valence-corrected chi connectivity index (χ0v) is 21.8. The van der Waals surface area contributed by atoms with E-state index in [2.05, 4.69) is 15.5 Å². The maximum Gasteiger partial charge on any atom is 0.257 e. The van der Waals surface area contributed by atoms with Crippen LogP contribution in [0.5, 0.6) is 5.75 Å². The van der Waals surface area contributed by atoms with E-state index < -0.39 is 0 Å². The molecule has 7 nitrogen and oxygen atoms in total. The number of thiocarbonyl (C=S) groups is 1. The number of benzene rings is 4. The molecule has 1 aliphatic rings. The maximum absolute atomic E-state index is 12.8. The molecule has 38 heavy (non-hydrogen) atoms. The number of methoxy groups -OCH3 is 1. The zero-order chi connectivity index (χ0) is 26.5. The van der Waals surface area contributed by atoms with Gasteiger partial charge in [-0.1, -0.05) is 30.3 Å². The molecule has 8 heteroatoms. The summed E-state index contributed by atoms with van der Waals surface area (Å²) in [7, 11) is 1.61. The SMILES string of the molecule is COc1ccc(C(=O)N2CCN(c3ccc(NC(=S)NC(=O)c4ccc5ccccc5c4)cc3)CC2)cc1. The van der Waals surface area contributed by atoms with Crippen LogP contribution in [-0.2, 0) is 0 Å². The molecule has 2 N–H and O–H groups in total. The lowest BCUT2D eigenvalue weighted by Gasteiger charge is -2.36. The summed E-state index contributed by atoms with van der Waals surface area (Å²) in [5.74, 6) is 0.510. The van der Waals surface area contributed by atoms with Gasteiger partial charge in [-0.3, -0.25) is 14.9 Å². The molecule has 0 radical (unpaired) electrons. The number of nitrogens with one attached hydrogen (secondary N) is 2. The molecule has 0 saturated carbocycles. The molecule has 0 bridgehead atoms. The molecule has 4 aromatic carbocycles. The molecule has 1 heterocycles. The van der Waals surface area contributed by atoms with Crippen molar-refractivity contribution in [2.75, 3.05) is 43.5 Å². The van der Waals surface area contributed by atoms with Crippen molar-refractivity contribution in [3.8, 4) is 5.75 Å². The van der Waals surface area contributed by atoms with Crippen molar-refractivity contribution < 1.29 is 14.3 Å². The van der Waals surface area contributed by atoms with Crippen LogP contribution in [0.15, 0.2) is 91.0 Å². The van der Waals surface area contributed by atoms with Gasteiger partial charge in [0.2, 0.25) is 0 Å². The fourth-order valence-electron chi connectivity index (χ4n) is 4.51. The normalized spacial score (nSPS) is 13.2. The molecule has 1 saturated heterocycles. The van der Waals surface area contributed by atoms with Crippen molar-refractivity contribution >= 4 is 51.3 Å². The van der Waals surface area contributed by atoms with Gasteiger partial charge in [0.05, 0.1) is 7.11 Å². The van der Waals surface area contributed by atoms with Crippen LogP contribution in [0.2, 0.25) is 0 Å². The highest BCUT2D eigenvalue weighted by molar-refractivity contribution is 7.80. The lowest BCUT2D eigenvalue weighted by molar-refractivity contribution is 0.0746. The second kappa shape index (κ2) is 11.3. The summed E-state index contributed by atoms with van der Waals surface area (Å²) in [4.78, 5) is 29.6. The minimum absolute atomic E-state index is 0.0334. The second-order valence-electron chi connectivity index (χ2n) is 9.02. The summed E-state index contributed by atoms with van der Waals surface area (Å²) in [6.45, 7) is 2.79. The lowest BCUT2D eigenvalue weighted by atomic mass is 10.1. The van der Waals surface area contributed by atoms with Crippen LogP contribution in [0.1, 0.15) is 20.7 Å². The van der Waals surface area contributed by atoms with Gasteiger partial charge in [0, 0.05) is 48.7 Å². The molecule has 0 atom stereocenters. The third-order valence-corrected chi connectivity index (χ3v) is 6.84. The van der Waals surface area contributed by atoms with E-state index in [1.165, 1.54) is 0 Å². The summed E-state index contributed by atoms with van der Waals surface area (Å²) in [6, 6.07) is 28.6. The molecule has 0 aliphatic carbocycles. The quantitative estimate of drug-likeness (QED) is 0.361. The Labute approximate surface area is 227 Å². The third kappa shape index (κ3) is 5.76. The zero-order valence-electron chi connectivity index (χ0n) is 21.0. The summed E-state index contributed by atoms with van der Waals surface area (Å²) in [5, 5.41) is 8.14. The first kappa shape index (κ1) is 25.2. The molecule has 1 aliphatic heterocycles. The second-order valence-corrected chi connectivity index (χ2v) is 9.43. The van der Waals surface area contributed by atoms with Gasteiger partial charge < -0.3 is 19.9 Å². The molecule has 0 aromatic heterocycles. The highest BCUT2D eigenvalue weighted by Gasteiger charge is 2.22. The molecule has 2 amide bonds. The van der Waals surface area contributed by atoms with Gasteiger partial charge in [0.15, 0.2) is 5.11 Å². The summed E-state index contributed by atoms with van der Waals surface area (Å²) < 4.78 is 5.17. The van der Waals surface area contributed by atoms with Crippen LogP contribution in [-0.4, -0.2) is 55.1 Å². The molecule has 4 aromatic rings. The van der Waals surface area contributed by atoms with Gasteiger partial charge in [-0.2, -0.15) is 0 Å². The van der Waals surface area contributed by atoms with E-state index in [1.54, 1.807) is 37.4 Å². The Morgan fingerprint density at radius 3 is 2.13 bits per heavy atom. The average molecular weight is 525 g/mol. The van der Waals surface area contributed by atoms with Gasteiger partial charge in [0.25, 0.3) is 11.8 Å². The van der Waals surface area contributed by atoms with Gasteiger partial charge in [0.1, 0.15) is 5.75 Å². The van der Waals surface area contributed by atoms with Crippen molar-refractivity contribution in [2.24, 2.45) is 0 Å². The number of piperazine rings is 1. The number of ether oxygens (including phenoxy) is 1. The number of hydrogen-bond acceptors (Lipinski definition) is 5. The van der Waals surface area contributed by atoms with Crippen LogP contribution in [0.3, 0.4) is 0 Å². The summed E-state index contributed by atoms with van der Waals surface area (Å²) in [5.41, 5.74) is 3.07. The fourth-order valence-corrected chi connectivity index (χ4v) is 4.72. The van der Waals surface area contributed by atoms with Gasteiger partial charge in [-0.15, -0.1) is 0 Å². The van der Waals surface area contributed by atoms with Crippen LogP contribution in [0.25, 0.3) is 10.8 Å². The van der Waals surface area contributed by atoms with Crippen molar-refractivity contribution in [3.05, 3.63) is 102 Å². The van der Waals surface area contributed by atoms with E-state index in [-0.39, 0.29) is 16.9 Å². The number of anilines is 2. The Kier molecular flexibility index (Phi) is 7.51. The van der Waals surface area contributed by atoms with E-state index >= 15 is 0 Å². The van der Waals surface area contributed by atoms with Crippen LogP contribution in [0.4, 0.5) is 11.4 Å². The molecular formula is C30H28N4O3S. The number of carbonyl (C=O) groups excluding carboxylic acids is 2. The number of rotatable bonds is 5. The highest BCUT2D eigenvalue weighted by atomic mass is 32.1. The van der Waals surface area contributed by atoms with E-state index in [0.29, 0.717) is 24.2 Å². The van der Waals surface area contributed by atoms with E-state index in [4.69, 9.17) is 17.0 Å². The first-order valence-electron chi connectivity index (χ1n) is 12.4. The molecule has 5 rings (SSSR count). The average Bonchev–Trinajstić information content (AvgIpc) is 2.97. The highest BCUT2D eigenvalue weighted by Crippen LogP contribution is 2.21. The number of carbonyl (C=O) groups is 2. The first-order chi connectivity index (χ1) is 18.5. The summed E-state index contributed by atoms with van der Waals surface area (Å²) >= 11 is 5.36. The topological polar surface area (TPSA) is 73.9 Å². The van der Waals surface area contributed by atoms with Crippen molar-refractivity contribution in [2.45, 2.75) is 0 Å². The van der Waals surface area contributed by atoms with E-state index in [1.807, 2.05) is 65.6 Å². The Bertz CT molecular complexity index is 1460. The predicted octanol–water partition coefficient (Wildman–Crippen LogP) is 4.94. The largest absolute Gasteiger partial charge is 0.497 e. The molecular weight excluding hydrogens is 496 g/mol. The van der Waals surface area contributed by atoms with Crippen molar-refractivity contribution in [1.82, 2.24) is 10.2 Å². The van der Waals surface area contributed by atoms with E-state index in [0.717, 1.165) is 41.0 Å². The molecule has 0 spiro atoms. The van der Waals surface area contributed by atoms with Crippen LogP contribution < -0.4 is 20.3 Å². The molecule has 1 fully saturated rings. The van der Waals surface area contributed by atoms with E-state index in [9.17, 15) is 9.59 Å². The Balaban J connectivity index is 1.12. The standard InChI is InChI=1S/C30H28N4O3S/c1-37-27-14-8-22(9-15-27)29(36)34-18-16-33(17-19-34)26-12-10-25(11-13-26)31-30(38)32-28(35)24-7-6-21-4-2-3-5-23(21)20-24/h2-15,20H,16-19H2,1H3,(H2,31,32,35,38). The smallest absolute Gasteiger partial charge is 0.257 e. The van der Waals surface area contributed by atoms with Gasteiger partial charge in [-0.05, 0) is 83.7 Å². The van der Waals surface area contributed by atoms with Crippen LogP contribution >= 0.6 is 12.2 Å². The minimum atomic E-state index is -0.257. The van der Waals surface area contributed by atoms with Crippen molar-refractivity contribution in [1.29, 1.82) is 0 Å². The summed E-state index contributed by atoms with van der Waals surface area (Å²) in [6.07, 6.45) is 0. The Hall–Kier alpha value is -4.43. The van der Waals surface area contributed by atoms with Crippen molar-refractivity contribution in [3.63, 3.8) is 0 Å². The number of amides is 2. The minimum Gasteiger partial charge on any atom is -0.497 e. The number of hydrogen-bond donors (Lipinski definition) is 2. The third-order valence-electron chi connectivity index (χ3n) is 6.63. The molecule has 0 unspecified atom stereocenters. The maximum atomic E-state index is 12.8. The Morgan fingerprint density at radius 1 is 0.789 bits per heavy atom. The number of fused-ring (bicyclic) bond motifs is 1. The monoisotopic (exact) mass is 524 g/mol. The van der Waals surface area contributed by atoms with Gasteiger partial charge in [-0.25, -0.2) is 0 Å². The predicted molar refractivity (Wildman–Crippen MR) is 155 cm³/mol. The Morgan fingerprint density at radius 2 is 1.45 bits per heavy atom. The molecule has 192 valence electrons. The lowest BCUT2D eigenvalue weighted by Crippen LogP contribution is -2.48. The van der Waals surface area contributed by atoms with Gasteiger partial charge >= 0.3 is 0 Å². The fraction of sp³-hybridized carbons (Fsp3) is 0.167.